The second kappa shape index (κ2) is 5.41. The highest BCUT2D eigenvalue weighted by Gasteiger charge is 2.11. The molecule has 98 valence electrons. The van der Waals surface area contributed by atoms with Gasteiger partial charge in [0.25, 0.3) is 0 Å². The van der Waals surface area contributed by atoms with Crippen LogP contribution in [0.25, 0.3) is 11.1 Å². The summed E-state index contributed by atoms with van der Waals surface area (Å²) in [7, 11) is 0. The van der Waals surface area contributed by atoms with Crippen molar-refractivity contribution in [3.63, 3.8) is 0 Å². The van der Waals surface area contributed by atoms with E-state index in [1.54, 1.807) is 0 Å². The second-order valence-electron chi connectivity index (χ2n) is 4.87. The summed E-state index contributed by atoms with van der Waals surface area (Å²) in [5.41, 5.74) is 3.66. The van der Waals surface area contributed by atoms with E-state index < -0.39 is 0 Å². The van der Waals surface area contributed by atoms with Gasteiger partial charge in [-0.25, -0.2) is 4.98 Å². The van der Waals surface area contributed by atoms with Crippen molar-refractivity contribution in [2.24, 2.45) is 0 Å². The van der Waals surface area contributed by atoms with Crippen LogP contribution in [0, 0.1) is 6.92 Å². The molecular weight excluding hydrogens is 236 g/mol. The van der Waals surface area contributed by atoms with Crippen molar-refractivity contribution in [1.82, 2.24) is 4.98 Å². The van der Waals surface area contributed by atoms with Gasteiger partial charge in [-0.05, 0) is 24.6 Å². The quantitative estimate of drug-likeness (QED) is 0.824. The zero-order valence-electron chi connectivity index (χ0n) is 11.2. The zero-order valence-corrected chi connectivity index (χ0v) is 11.2. The molecule has 0 aliphatic carbocycles. The van der Waals surface area contributed by atoms with Gasteiger partial charge >= 0.3 is 0 Å². The molecule has 0 amide bonds. The van der Waals surface area contributed by atoms with Gasteiger partial charge in [0.1, 0.15) is 5.82 Å². The average Bonchev–Trinajstić information content (AvgIpc) is 2.49. The monoisotopic (exact) mass is 254 g/mol. The molecule has 1 aromatic carbocycles. The lowest BCUT2D eigenvalue weighted by molar-refractivity contribution is 0.122. The molecule has 1 fully saturated rings. The Morgan fingerprint density at radius 3 is 2.26 bits per heavy atom. The molecule has 3 rings (SSSR count). The number of benzene rings is 1. The normalized spacial score (nSPS) is 15.5. The predicted molar refractivity (Wildman–Crippen MR) is 77.4 cm³/mol. The summed E-state index contributed by atoms with van der Waals surface area (Å²) in [6.07, 6.45) is 1.95. The summed E-state index contributed by atoms with van der Waals surface area (Å²) in [5.74, 6) is 1.04. The van der Waals surface area contributed by atoms with Crippen molar-refractivity contribution in [3.05, 3.63) is 48.2 Å². The van der Waals surface area contributed by atoms with E-state index in [1.807, 2.05) is 6.20 Å². The third kappa shape index (κ3) is 2.76. The maximum atomic E-state index is 5.36. The van der Waals surface area contributed by atoms with Gasteiger partial charge in [0.15, 0.2) is 0 Å². The molecule has 0 N–H and O–H groups in total. The van der Waals surface area contributed by atoms with Crippen LogP contribution in [0.1, 0.15) is 5.56 Å². The number of aromatic nitrogens is 1. The standard InChI is InChI=1S/C16H18N2O/c1-13-2-4-14(5-3-13)15-6-7-16(17-12-15)18-8-10-19-11-9-18/h2-7,12H,8-11H2,1H3. The highest BCUT2D eigenvalue weighted by atomic mass is 16.5. The molecule has 0 spiro atoms. The van der Waals surface area contributed by atoms with Gasteiger partial charge < -0.3 is 9.64 Å². The van der Waals surface area contributed by atoms with E-state index in [1.165, 1.54) is 11.1 Å². The molecule has 0 unspecified atom stereocenters. The molecule has 2 aromatic rings. The molecule has 19 heavy (non-hydrogen) atoms. The molecule has 0 saturated carbocycles. The summed E-state index contributed by atoms with van der Waals surface area (Å²) >= 11 is 0. The van der Waals surface area contributed by atoms with Crippen molar-refractivity contribution in [3.8, 4) is 11.1 Å². The van der Waals surface area contributed by atoms with E-state index >= 15 is 0 Å². The Morgan fingerprint density at radius 2 is 1.63 bits per heavy atom. The topological polar surface area (TPSA) is 25.4 Å². The summed E-state index contributed by atoms with van der Waals surface area (Å²) in [6.45, 7) is 5.54. The average molecular weight is 254 g/mol. The first-order valence-electron chi connectivity index (χ1n) is 6.69. The Balaban J connectivity index is 1.80. The predicted octanol–water partition coefficient (Wildman–Crippen LogP) is 2.89. The minimum Gasteiger partial charge on any atom is -0.378 e. The summed E-state index contributed by atoms with van der Waals surface area (Å²) in [6, 6.07) is 12.8. The summed E-state index contributed by atoms with van der Waals surface area (Å²) in [5, 5.41) is 0. The zero-order chi connectivity index (χ0) is 13.1. The highest BCUT2D eigenvalue weighted by Crippen LogP contribution is 2.21. The first kappa shape index (κ1) is 12.2. The van der Waals surface area contributed by atoms with Crippen molar-refractivity contribution in [1.29, 1.82) is 0 Å². The Hall–Kier alpha value is -1.87. The Kier molecular flexibility index (Phi) is 3.47. The summed E-state index contributed by atoms with van der Waals surface area (Å²) < 4.78 is 5.36. The van der Waals surface area contributed by atoms with Crippen LogP contribution in [0.2, 0.25) is 0 Å². The molecule has 0 atom stereocenters. The van der Waals surface area contributed by atoms with Crippen LogP contribution in [0.3, 0.4) is 0 Å². The van der Waals surface area contributed by atoms with E-state index in [2.05, 4.69) is 53.2 Å². The molecule has 3 nitrogen and oxygen atoms in total. The number of morpholine rings is 1. The van der Waals surface area contributed by atoms with Crippen molar-refractivity contribution < 1.29 is 4.74 Å². The van der Waals surface area contributed by atoms with Gasteiger partial charge in [0.2, 0.25) is 0 Å². The molecule has 0 bridgehead atoms. The fraction of sp³-hybridized carbons (Fsp3) is 0.312. The number of rotatable bonds is 2. The van der Waals surface area contributed by atoms with Crippen LogP contribution in [0.15, 0.2) is 42.6 Å². The second-order valence-corrected chi connectivity index (χ2v) is 4.87. The van der Waals surface area contributed by atoms with E-state index in [0.29, 0.717) is 0 Å². The number of pyridine rings is 1. The maximum Gasteiger partial charge on any atom is 0.128 e. The third-order valence-electron chi connectivity index (χ3n) is 3.47. The first-order chi connectivity index (χ1) is 9.33. The largest absolute Gasteiger partial charge is 0.378 e. The number of ether oxygens (including phenoxy) is 1. The maximum absolute atomic E-state index is 5.36. The molecular formula is C16H18N2O. The smallest absolute Gasteiger partial charge is 0.128 e. The van der Waals surface area contributed by atoms with Crippen LogP contribution in [0.4, 0.5) is 5.82 Å². The molecule has 2 heterocycles. The Morgan fingerprint density at radius 1 is 0.947 bits per heavy atom. The lowest BCUT2D eigenvalue weighted by atomic mass is 10.1. The number of hydrogen-bond donors (Lipinski definition) is 0. The van der Waals surface area contributed by atoms with E-state index in [4.69, 9.17) is 4.74 Å². The molecule has 0 radical (unpaired) electrons. The molecule has 1 saturated heterocycles. The third-order valence-corrected chi connectivity index (χ3v) is 3.47. The Bertz CT molecular complexity index is 528. The van der Waals surface area contributed by atoms with Crippen LogP contribution in [-0.4, -0.2) is 31.3 Å². The SMILES string of the molecule is Cc1ccc(-c2ccc(N3CCOCC3)nc2)cc1. The number of hydrogen-bond acceptors (Lipinski definition) is 3. The van der Waals surface area contributed by atoms with Crippen LogP contribution in [-0.2, 0) is 4.74 Å². The van der Waals surface area contributed by atoms with E-state index in [-0.39, 0.29) is 0 Å². The van der Waals surface area contributed by atoms with Crippen LogP contribution in [0.5, 0.6) is 0 Å². The number of anilines is 1. The minimum atomic E-state index is 0.793. The minimum absolute atomic E-state index is 0.793. The Labute approximate surface area is 113 Å². The number of nitrogens with zero attached hydrogens (tertiary/aromatic N) is 2. The fourth-order valence-electron chi connectivity index (χ4n) is 2.28. The molecule has 1 aliphatic heterocycles. The lowest BCUT2D eigenvalue weighted by Crippen LogP contribution is -2.36. The number of aryl methyl sites for hydroxylation is 1. The van der Waals surface area contributed by atoms with Gasteiger partial charge in [-0.3, -0.25) is 0 Å². The first-order valence-corrected chi connectivity index (χ1v) is 6.69. The van der Waals surface area contributed by atoms with Gasteiger partial charge in [-0.15, -0.1) is 0 Å². The summed E-state index contributed by atoms with van der Waals surface area (Å²) in [4.78, 5) is 6.84. The molecule has 3 heteroatoms. The molecule has 1 aliphatic rings. The fourth-order valence-corrected chi connectivity index (χ4v) is 2.28. The van der Waals surface area contributed by atoms with Gasteiger partial charge in [-0.1, -0.05) is 29.8 Å². The van der Waals surface area contributed by atoms with E-state index in [0.717, 1.165) is 37.7 Å². The highest BCUT2D eigenvalue weighted by molar-refractivity contribution is 5.64. The van der Waals surface area contributed by atoms with Crippen LogP contribution < -0.4 is 4.90 Å². The van der Waals surface area contributed by atoms with Crippen LogP contribution >= 0.6 is 0 Å². The van der Waals surface area contributed by atoms with Gasteiger partial charge in [0, 0.05) is 24.8 Å². The van der Waals surface area contributed by atoms with Crippen molar-refractivity contribution >= 4 is 5.82 Å². The van der Waals surface area contributed by atoms with Gasteiger partial charge in [0.05, 0.1) is 13.2 Å². The molecule has 1 aromatic heterocycles. The van der Waals surface area contributed by atoms with Crippen molar-refractivity contribution in [2.75, 3.05) is 31.2 Å². The van der Waals surface area contributed by atoms with Crippen molar-refractivity contribution in [2.45, 2.75) is 6.92 Å². The van der Waals surface area contributed by atoms with Gasteiger partial charge in [-0.2, -0.15) is 0 Å². The van der Waals surface area contributed by atoms with E-state index in [9.17, 15) is 0 Å². The lowest BCUT2D eigenvalue weighted by Gasteiger charge is -2.27.